The summed E-state index contributed by atoms with van der Waals surface area (Å²) in [6.45, 7) is 0. The minimum absolute atomic E-state index is 0. The second kappa shape index (κ2) is 10.8. The van der Waals surface area contributed by atoms with Crippen molar-refractivity contribution in [2.45, 2.75) is 11.4 Å². The fraction of sp³-hybridized carbons (Fsp3) is 0.133. The zero-order valence-corrected chi connectivity index (χ0v) is 19.2. The number of aromatic nitrogens is 1. The van der Waals surface area contributed by atoms with E-state index in [1.165, 1.54) is 24.4 Å². The van der Waals surface area contributed by atoms with Crippen molar-refractivity contribution in [2.24, 2.45) is 0 Å². The number of nitrogens with zero attached hydrogens (tertiary/aromatic N) is 1. The molecule has 1 aromatic heterocycles. The number of anilines is 1. The number of hydrogen-bond donors (Lipinski definition) is 1. The molecule has 2 rings (SSSR count). The molecule has 0 fully saturated rings. The molecular weight excluding hydrogens is 480 g/mol. The van der Waals surface area contributed by atoms with E-state index >= 15 is 0 Å². The van der Waals surface area contributed by atoms with Crippen molar-refractivity contribution in [3.8, 4) is 5.75 Å². The van der Waals surface area contributed by atoms with Crippen LogP contribution < -0.4 is 66.5 Å². The summed E-state index contributed by atoms with van der Waals surface area (Å²) < 4.78 is 40.9. The van der Waals surface area contributed by atoms with Gasteiger partial charge in [0.2, 0.25) is 5.91 Å². The standard InChI is InChI=1S/C15H10BrF3N2O4S.K/c16-10-4-3-8(25-15(17,18)19)6-11(10)21-12(22)7-26-13-9(14(23)24)2-1-5-20-13;/h1-6H,7H2,(H,21,22)(H,23,24);/q;+1/p-1. The predicted octanol–water partition coefficient (Wildman–Crippen LogP) is -0.159. The Morgan fingerprint density at radius 3 is 2.63 bits per heavy atom. The smallest absolute Gasteiger partial charge is 0.545 e. The van der Waals surface area contributed by atoms with Crippen molar-refractivity contribution >= 4 is 45.3 Å². The molecular formula is C15H9BrF3KN2O4S. The van der Waals surface area contributed by atoms with Gasteiger partial charge in [0.25, 0.3) is 0 Å². The first-order chi connectivity index (χ1) is 12.2. The molecule has 1 heterocycles. The quantitative estimate of drug-likeness (QED) is 0.448. The van der Waals surface area contributed by atoms with Crippen LogP contribution in [0.3, 0.4) is 0 Å². The Labute approximate surface area is 206 Å². The minimum Gasteiger partial charge on any atom is -0.545 e. The minimum atomic E-state index is -4.86. The molecule has 6 nitrogen and oxygen atoms in total. The zero-order valence-electron chi connectivity index (χ0n) is 13.7. The van der Waals surface area contributed by atoms with Crippen molar-refractivity contribution in [2.75, 3.05) is 11.1 Å². The van der Waals surface area contributed by atoms with E-state index in [4.69, 9.17) is 0 Å². The van der Waals surface area contributed by atoms with Crippen LogP contribution in [0.25, 0.3) is 0 Å². The molecule has 27 heavy (non-hydrogen) atoms. The first-order valence-corrected chi connectivity index (χ1v) is 8.58. The van der Waals surface area contributed by atoms with Crippen LogP contribution in [0.1, 0.15) is 10.4 Å². The number of rotatable bonds is 6. The van der Waals surface area contributed by atoms with Gasteiger partial charge in [-0.05, 0) is 40.2 Å². The van der Waals surface area contributed by atoms with Gasteiger partial charge in [-0.3, -0.25) is 4.79 Å². The predicted molar refractivity (Wildman–Crippen MR) is 88.7 cm³/mol. The number of thioether (sulfide) groups is 1. The van der Waals surface area contributed by atoms with Gasteiger partial charge >= 0.3 is 57.7 Å². The van der Waals surface area contributed by atoms with Crippen LogP contribution in [0.2, 0.25) is 0 Å². The first kappa shape index (κ1) is 24.4. The molecule has 1 amide bonds. The molecule has 0 saturated carbocycles. The number of amides is 1. The van der Waals surface area contributed by atoms with Crippen LogP contribution in [-0.2, 0) is 4.79 Å². The van der Waals surface area contributed by atoms with Crippen molar-refractivity contribution < 1.29 is 84.0 Å². The Bertz CT molecular complexity index is 839. The number of nitrogens with one attached hydrogen (secondary N) is 1. The normalized spacial score (nSPS) is 10.7. The van der Waals surface area contributed by atoms with E-state index in [0.29, 0.717) is 4.47 Å². The molecule has 0 radical (unpaired) electrons. The van der Waals surface area contributed by atoms with Gasteiger partial charge in [0, 0.05) is 22.3 Å². The summed E-state index contributed by atoms with van der Waals surface area (Å²) in [5.74, 6) is -2.71. The third kappa shape index (κ3) is 8.09. The van der Waals surface area contributed by atoms with Crippen molar-refractivity contribution in [3.63, 3.8) is 0 Å². The maximum Gasteiger partial charge on any atom is 1.00 e. The maximum atomic E-state index is 12.3. The van der Waals surface area contributed by atoms with E-state index in [1.54, 1.807) is 0 Å². The maximum absolute atomic E-state index is 12.3. The third-order valence-electron chi connectivity index (χ3n) is 2.78. The molecule has 2 aromatic rings. The topological polar surface area (TPSA) is 91.4 Å². The molecule has 0 aliphatic carbocycles. The van der Waals surface area contributed by atoms with E-state index in [0.717, 1.165) is 23.9 Å². The number of hydrogen-bond acceptors (Lipinski definition) is 6. The van der Waals surface area contributed by atoms with Crippen LogP contribution in [0.15, 0.2) is 46.0 Å². The Morgan fingerprint density at radius 2 is 2.00 bits per heavy atom. The summed E-state index contributed by atoms with van der Waals surface area (Å²) >= 11 is 3.96. The van der Waals surface area contributed by atoms with Crippen LogP contribution in [-0.4, -0.2) is 29.0 Å². The molecule has 0 atom stereocenters. The van der Waals surface area contributed by atoms with Crippen molar-refractivity contribution in [1.29, 1.82) is 0 Å². The van der Waals surface area contributed by atoms with E-state index in [9.17, 15) is 27.9 Å². The van der Waals surface area contributed by atoms with Crippen molar-refractivity contribution in [1.82, 2.24) is 4.98 Å². The average molecular weight is 489 g/mol. The van der Waals surface area contributed by atoms with Gasteiger partial charge in [-0.1, -0.05) is 11.8 Å². The van der Waals surface area contributed by atoms with Crippen LogP contribution in [0, 0.1) is 0 Å². The van der Waals surface area contributed by atoms with Gasteiger partial charge in [-0.25, -0.2) is 4.98 Å². The van der Waals surface area contributed by atoms with E-state index < -0.39 is 24.0 Å². The molecule has 0 bridgehead atoms. The Morgan fingerprint density at radius 1 is 1.30 bits per heavy atom. The number of aromatic carboxylic acids is 1. The number of carboxylic acid groups (broad SMARTS) is 1. The molecule has 12 heteroatoms. The van der Waals surface area contributed by atoms with E-state index in [-0.39, 0.29) is 73.4 Å². The second-order valence-electron chi connectivity index (χ2n) is 4.67. The van der Waals surface area contributed by atoms with Gasteiger partial charge in [-0.15, -0.1) is 13.2 Å². The summed E-state index contributed by atoms with van der Waals surface area (Å²) in [5, 5.41) is 13.5. The third-order valence-corrected chi connectivity index (χ3v) is 4.47. The van der Waals surface area contributed by atoms with E-state index in [2.05, 4.69) is 31.0 Å². The molecule has 138 valence electrons. The summed E-state index contributed by atoms with van der Waals surface area (Å²) in [6, 6.07) is 6.09. The molecule has 0 spiro atoms. The Kier molecular flexibility index (Phi) is 9.75. The fourth-order valence-electron chi connectivity index (χ4n) is 1.78. The summed E-state index contributed by atoms with van der Waals surface area (Å²) in [6.07, 6.45) is -3.49. The van der Waals surface area contributed by atoms with Gasteiger partial charge < -0.3 is 20.0 Å². The van der Waals surface area contributed by atoms with Gasteiger partial charge in [-0.2, -0.15) is 0 Å². The number of halogens is 4. The Hall–Kier alpha value is -0.634. The molecule has 0 aliphatic heterocycles. The number of alkyl halides is 3. The van der Waals surface area contributed by atoms with Crippen LogP contribution in [0.4, 0.5) is 18.9 Å². The largest absolute Gasteiger partial charge is 1.00 e. The summed E-state index contributed by atoms with van der Waals surface area (Å²) in [4.78, 5) is 26.8. The molecule has 0 saturated heterocycles. The van der Waals surface area contributed by atoms with Crippen LogP contribution in [0.5, 0.6) is 5.75 Å². The number of pyridine rings is 1. The van der Waals surface area contributed by atoms with Gasteiger partial charge in [0.1, 0.15) is 10.8 Å². The van der Waals surface area contributed by atoms with Crippen molar-refractivity contribution in [3.05, 3.63) is 46.6 Å². The monoisotopic (exact) mass is 488 g/mol. The molecule has 0 aliphatic rings. The average Bonchev–Trinajstić information content (AvgIpc) is 2.55. The number of carbonyl (C=O) groups excluding carboxylic acids is 2. The first-order valence-electron chi connectivity index (χ1n) is 6.80. The van der Waals surface area contributed by atoms with Crippen LogP contribution >= 0.6 is 27.7 Å². The number of benzene rings is 1. The number of carbonyl (C=O) groups is 2. The zero-order chi connectivity index (χ0) is 19.3. The van der Waals surface area contributed by atoms with E-state index in [1.807, 2.05) is 0 Å². The Balaban J connectivity index is 0.00000364. The number of ether oxygens (including phenoxy) is 1. The number of carboxylic acids is 1. The summed E-state index contributed by atoms with van der Waals surface area (Å²) in [5.41, 5.74) is -0.0921. The molecule has 0 unspecified atom stereocenters. The SMILES string of the molecule is O=C(CSc1ncccc1C(=O)[O-])Nc1cc(OC(F)(F)F)ccc1Br.[K+]. The van der Waals surface area contributed by atoms with Gasteiger partial charge in [0.05, 0.1) is 17.4 Å². The fourth-order valence-corrected chi connectivity index (χ4v) is 2.91. The molecule has 1 N–H and O–H groups in total. The van der Waals surface area contributed by atoms with Gasteiger partial charge in [0.15, 0.2) is 0 Å². The second-order valence-corrected chi connectivity index (χ2v) is 6.49. The molecule has 1 aromatic carbocycles. The summed E-state index contributed by atoms with van der Waals surface area (Å²) in [7, 11) is 0.